The molecule has 18 heteroatoms. The zero-order valence-corrected chi connectivity index (χ0v) is 27.5. The summed E-state index contributed by atoms with van der Waals surface area (Å²) in [5.74, 6) is -3.01. The first-order valence-electron chi connectivity index (χ1n) is 15.4. The maximum Gasteiger partial charge on any atom is 0.407 e. The van der Waals surface area contributed by atoms with Gasteiger partial charge < -0.3 is 48.5 Å². The Bertz CT molecular complexity index is 882. The minimum absolute atomic E-state index is 0.0185. The normalized spacial score (nSPS) is 10.5. The number of alkyl carbamates (subject to hydrolysis) is 2. The number of ketones is 1. The van der Waals surface area contributed by atoms with Crippen molar-refractivity contribution < 1.29 is 71.5 Å². The second-order valence-corrected chi connectivity index (χ2v) is 9.68. The summed E-state index contributed by atoms with van der Waals surface area (Å²) in [6.45, 7) is 4.59. The third-order valence-electron chi connectivity index (χ3n) is 5.25. The third kappa shape index (κ3) is 29.1. The fourth-order valence-electron chi connectivity index (χ4n) is 3.15. The molecule has 0 aromatic rings. The Morgan fingerprint density at radius 2 is 0.872 bits per heavy atom. The number of Topliss-reactive ketones (excluding diaryl/α,β-unsaturated/α-hetero) is 1. The van der Waals surface area contributed by atoms with Gasteiger partial charge >= 0.3 is 36.1 Å². The van der Waals surface area contributed by atoms with Gasteiger partial charge in [-0.1, -0.05) is 13.8 Å². The first kappa shape index (κ1) is 43.0. The highest BCUT2D eigenvalue weighted by molar-refractivity contribution is 5.77. The zero-order chi connectivity index (χ0) is 35.1. The van der Waals surface area contributed by atoms with Crippen LogP contribution in [0.25, 0.3) is 0 Å². The second-order valence-electron chi connectivity index (χ2n) is 9.68. The summed E-state index contributed by atoms with van der Waals surface area (Å²) < 4.78 is 39.6. The molecule has 0 atom stereocenters. The van der Waals surface area contributed by atoms with E-state index in [0.29, 0.717) is 38.9 Å². The van der Waals surface area contributed by atoms with Gasteiger partial charge in [0.15, 0.2) is 0 Å². The fourth-order valence-corrected chi connectivity index (χ4v) is 3.15. The van der Waals surface area contributed by atoms with Gasteiger partial charge in [0.25, 0.3) is 0 Å². The Labute approximate surface area is 274 Å². The highest BCUT2D eigenvalue weighted by Gasteiger charge is 2.13. The van der Waals surface area contributed by atoms with Crippen LogP contribution >= 0.6 is 0 Å². The third-order valence-corrected chi connectivity index (χ3v) is 5.25. The first-order valence-corrected chi connectivity index (χ1v) is 15.4. The summed E-state index contributed by atoms with van der Waals surface area (Å²) >= 11 is 0. The zero-order valence-electron chi connectivity index (χ0n) is 27.5. The van der Waals surface area contributed by atoms with Gasteiger partial charge in [-0.3, -0.25) is 9.69 Å². The van der Waals surface area contributed by atoms with Crippen LogP contribution in [0, 0.1) is 0 Å². The summed E-state index contributed by atoms with van der Waals surface area (Å²) in [5, 5.41) is 5.02. The number of nitrogens with one attached hydrogen (secondary N) is 2. The molecule has 0 aliphatic rings. The predicted octanol–water partition coefficient (Wildman–Crippen LogP) is 0.136. The van der Waals surface area contributed by atoms with Gasteiger partial charge in [0.05, 0.1) is 33.0 Å². The monoisotopic (exact) mass is 679 g/mol. The van der Waals surface area contributed by atoms with E-state index in [9.17, 15) is 33.6 Å². The average molecular weight is 680 g/mol. The number of rotatable bonds is 28. The Kier molecular flexibility index (Phi) is 26.9. The lowest BCUT2D eigenvalue weighted by atomic mass is 10.4. The molecule has 2 N–H and O–H groups in total. The summed E-state index contributed by atoms with van der Waals surface area (Å²) in [6, 6.07) is 0. The topological polar surface area (TPSA) is 221 Å². The van der Waals surface area contributed by atoms with Crippen LogP contribution in [0.15, 0.2) is 0 Å². The van der Waals surface area contributed by atoms with E-state index in [4.69, 9.17) is 37.9 Å². The molecule has 0 spiro atoms. The predicted molar refractivity (Wildman–Crippen MR) is 161 cm³/mol. The standard InChI is InChI=1S/C29H49N3O15/c1-4-12-46-28(38)30-8-6-14-42-24(34)19-40-21-26(36)44-16-10-32(18-23(3)33)11-17-45-27(37)22-41-20-25(35)43-15-7-9-31-29(39)47-13-5-2/h4-22H2,1-3H3,(H,30,38)(H,31,39). The van der Waals surface area contributed by atoms with Crippen LogP contribution in [0.2, 0.25) is 0 Å². The number of nitrogens with zero attached hydrogens (tertiary/aromatic N) is 1. The molecule has 0 saturated carbocycles. The van der Waals surface area contributed by atoms with E-state index in [1.54, 1.807) is 4.90 Å². The van der Waals surface area contributed by atoms with Crippen molar-refractivity contribution in [3.63, 3.8) is 0 Å². The van der Waals surface area contributed by atoms with Crippen molar-refractivity contribution in [3.05, 3.63) is 0 Å². The molecule has 18 nitrogen and oxygen atoms in total. The van der Waals surface area contributed by atoms with E-state index in [-0.39, 0.29) is 64.9 Å². The van der Waals surface area contributed by atoms with Crippen LogP contribution < -0.4 is 10.6 Å². The highest BCUT2D eigenvalue weighted by Crippen LogP contribution is 1.95. The number of hydrogen-bond donors (Lipinski definition) is 2. The number of ether oxygens (including phenoxy) is 8. The van der Waals surface area contributed by atoms with E-state index in [1.807, 2.05) is 13.8 Å². The lowest BCUT2D eigenvalue weighted by molar-refractivity contribution is -0.156. The molecule has 0 fully saturated rings. The van der Waals surface area contributed by atoms with Crippen LogP contribution in [0.4, 0.5) is 9.59 Å². The van der Waals surface area contributed by atoms with Crippen molar-refractivity contribution in [2.45, 2.75) is 46.5 Å². The molecule has 0 unspecified atom stereocenters. The van der Waals surface area contributed by atoms with Crippen molar-refractivity contribution in [1.82, 2.24) is 15.5 Å². The Balaban J connectivity index is 3.98. The van der Waals surface area contributed by atoms with Gasteiger partial charge in [-0.15, -0.1) is 0 Å². The molecule has 0 aliphatic carbocycles. The lowest BCUT2D eigenvalue weighted by Gasteiger charge is -2.20. The Morgan fingerprint density at radius 1 is 0.511 bits per heavy atom. The highest BCUT2D eigenvalue weighted by atomic mass is 16.6. The minimum Gasteiger partial charge on any atom is -0.464 e. The van der Waals surface area contributed by atoms with Gasteiger partial charge in [0.2, 0.25) is 0 Å². The molecule has 0 saturated heterocycles. The molecule has 0 aromatic heterocycles. The molecule has 0 bridgehead atoms. The van der Waals surface area contributed by atoms with Gasteiger partial charge in [-0.2, -0.15) is 0 Å². The van der Waals surface area contributed by atoms with Crippen molar-refractivity contribution in [3.8, 4) is 0 Å². The van der Waals surface area contributed by atoms with E-state index in [0.717, 1.165) is 0 Å². The van der Waals surface area contributed by atoms with Gasteiger partial charge in [-0.05, 0) is 32.6 Å². The van der Waals surface area contributed by atoms with Crippen LogP contribution in [0.5, 0.6) is 0 Å². The summed E-state index contributed by atoms with van der Waals surface area (Å²) in [5.41, 5.74) is 0. The fraction of sp³-hybridized carbons (Fsp3) is 0.759. The largest absolute Gasteiger partial charge is 0.464 e. The van der Waals surface area contributed by atoms with E-state index < -0.39 is 62.5 Å². The van der Waals surface area contributed by atoms with Crippen molar-refractivity contribution in [2.24, 2.45) is 0 Å². The molecular formula is C29H49N3O15. The molecule has 0 aliphatic heterocycles. The maximum absolute atomic E-state index is 11.9. The number of carbonyl (C=O) groups is 7. The maximum atomic E-state index is 11.9. The van der Waals surface area contributed by atoms with Crippen molar-refractivity contribution in [2.75, 3.05) is 98.8 Å². The van der Waals surface area contributed by atoms with Crippen molar-refractivity contribution in [1.29, 1.82) is 0 Å². The first-order chi connectivity index (χ1) is 22.6. The van der Waals surface area contributed by atoms with Crippen molar-refractivity contribution >= 4 is 41.8 Å². The Hall–Kier alpha value is -4.03. The molecule has 47 heavy (non-hydrogen) atoms. The number of hydrogen-bond acceptors (Lipinski definition) is 16. The van der Waals surface area contributed by atoms with Gasteiger partial charge in [0, 0.05) is 26.2 Å². The SMILES string of the molecule is CCCOC(=O)NCCCOC(=O)COCC(=O)OCCN(CCOC(=O)COCC(=O)OCCCNC(=O)OCCC)CC(C)=O. The minimum atomic E-state index is -0.735. The molecule has 270 valence electrons. The molecule has 0 radical (unpaired) electrons. The quantitative estimate of drug-likeness (QED) is 0.0638. The average Bonchev–Trinajstić information content (AvgIpc) is 3.02. The Morgan fingerprint density at radius 3 is 1.21 bits per heavy atom. The van der Waals surface area contributed by atoms with Crippen LogP contribution in [0.3, 0.4) is 0 Å². The van der Waals surface area contributed by atoms with Crippen LogP contribution in [-0.4, -0.2) is 146 Å². The van der Waals surface area contributed by atoms with Crippen LogP contribution in [0.1, 0.15) is 46.5 Å². The van der Waals surface area contributed by atoms with Crippen LogP contribution in [-0.2, 0) is 61.9 Å². The van der Waals surface area contributed by atoms with E-state index in [2.05, 4.69) is 10.6 Å². The second kappa shape index (κ2) is 29.4. The number of esters is 4. The summed E-state index contributed by atoms with van der Waals surface area (Å²) in [4.78, 5) is 82.9. The molecular weight excluding hydrogens is 630 g/mol. The lowest BCUT2D eigenvalue weighted by Crippen LogP contribution is -2.36. The molecule has 0 aromatic carbocycles. The number of carbonyl (C=O) groups excluding carboxylic acids is 7. The van der Waals surface area contributed by atoms with E-state index >= 15 is 0 Å². The summed E-state index contributed by atoms with van der Waals surface area (Å²) in [6.07, 6.45) is 1.08. The molecule has 0 heterocycles. The molecule has 2 amide bonds. The number of amides is 2. The van der Waals surface area contributed by atoms with E-state index in [1.165, 1.54) is 6.92 Å². The summed E-state index contributed by atoms with van der Waals surface area (Å²) in [7, 11) is 0. The molecule has 0 rings (SSSR count). The van der Waals surface area contributed by atoms with Gasteiger partial charge in [0.1, 0.15) is 45.4 Å². The smallest absolute Gasteiger partial charge is 0.407 e. The van der Waals surface area contributed by atoms with Gasteiger partial charge in [-0.25, -0.2) is 28.8 Å².